The molecule has 6 nitrogen and oxygen atoms in total. The van der Waals surface area contributed by atoms with Crippen LogP contribution >= 0.6 is 11.3 Å². The number of ether oxygens (including phenoxy) is 1. The molecule has 3 aromatic rings. The fourth-order valence-electron chi connectivity index (χ4n) is 5.01. The number of aromatic nitrogens is 1. The molecule has 180 valence electrons. The summed E-state index contributed by atoms with van der Waals surface area (Å²) in [6.07, 6.45) is 7.17. The second kappa shape index (κ2) is 10.1. The standard InChI is InChI=1S/C28H30N4O2S/c1-18(2)34-25-12-9-19(15-20(25)16-29)27-30-17-26(35-27)23-8-6-7-22-21(23)10-11-24(22)31-28(33)32-13-4-3-5-14-32/h6-9,12,15,17-18,24H,3-5,10-11,13-14H2,1-2H3,(H,31,33)/t24-/m0/s1. The highest BCUT2D eigenvalue weighted by Crippen LogP contribution is 2.41. The average molecular weight is 487 g/mol. The summed E-state index contributed by atoms with van der Waals surface area (Å²) in [6, 6.07) is 14.4. The first-order valence-electron chi connectivity index (χ1n) is 12.4. The topological polar surface area (TPSA) is 78.2 Å². The zero-order valence-corrected chi connectivity index (χ0v) is 21.0. The Morgan fingerprint density at radius 1 is 1.23 bits per heavy atom. The molecule has 1 aromatic heterocycles. The minimum atomic E-state index is 0.00746. The molecule has 1 atom stereocenters. The van der Waals surface area contributed by atoms with Crippen molar-refractivity contribution in [2.24, 2.45) is 0 Å². The quantitative estimate of drug-likeness (QED) is 0.458. The fraction of sp³-hybridized carbons (Fsp3) is 0.393. The predicted molar refractivity (Wildman–Crippen MR) is 138 cm³/mol. The fourth-order valence-corrected chi connectivity index (χ4v) is 5.98. The number of urea groups is 1. The van der Waals surface area contributed by atoms with E-state index in [4.69, 9.17) is 4.74 Å². The van der Waals surface area contributed by atoms with Crippen LogP contribution in [0.5, 0.6) is 5.75 Å². The molecule has 0 unspecified atom stereocenters. The molecular weight excluding hydrogens is 456 g/mol. The van der Waals surface area contributed by atoms with Crippen LogP contribution in [0.1, 0.15) is 62.3 Å². The first-order chi connectivity index (χ1) is 17.0. The zero-order valence-electron chi connectivity index (χ0n) is 20.2. The molecule has 2 aliphatic rings. The smallest absolute Gasteiger partial charge is 0.317 e. The molecule has 1 saturated heterocycles. The number of hydrogen-bond donors (Lipinski definition) is 1. The second-order valence-electron chi connectivity index (χ2n) is 9.48. The van der Waals surface area contributed by atoms with Crippen LogP contribution in [-0.2, 0) is 6.42 Å². The van der Waals surface area contributed by atoms with Gasteiger partial charge in [0.1, 0.15) is 16.8 Å². The van der Waals surface area contributed by atoms with Gasteiger partial charge >= 0.3 is 6.03 Å². The highest BCUT2D eigenvalue weighted by Gasteiger charge is 2.28. The number of likely N-dealkylation sites (tertiary alicyclic amines) is 1. The number of carbonyl (C=O) groups excluding carboxylic acids is 1. The zero-order chi connectivity index (χ0) is 24.4. The number of carbonyl (C=O) groups is 1. The normalized spacial score (nSPS) is 17.2. The van der Waals surface area contributed by atoms with Crippen LogP contribution in [0.15, 0.2) is 42.6 Å². The summed E-state index contributed by atoms with van der Waals surface area (Å²) in [7, 11) is 0. The van der Waals surface area contributed by atoms with Gasteiger partial charge in [-0.25, -0.2) is 9.78 Å². The van der Waals surface area contributed by atoms with Crippen molar-refractivity contribution in [3.8, 4) is 32.8 Å². The molecule has 5 rings (SSSR count). The Morgan fingerprint density at radius 2 is 2.06 bits per heavy atom. The van der Waals surface area contributed by atoms with E-state index in [1.807, 2.05) is 43.1 Å². The highest BCUT2D eigenvalue weighted by atomic mass is 32.1. The van der Waals surface area contributed by atoms with E-state index in [9.17, 15) is 10.1 Å². The number of nitrogens with zero attached hydrogens (tertiary/aromatic N) is 3. The molecule has 35 heavy (non-hydrogen) atoms. The van der Waals surface area contributed by atoms with Gasteiger partial charge in [0, 0.05) is 24.8 Å². The predicted octanol–water partition coefficient (Wildman–Crippen LogP) is 6.32. The third kappa shape index (κ3) is 4.89. The van der Waals surface area contributed by atoms with Gasteiger partial charge in [0.15, 0.2) is 0 Å². The van der Waals surface area contributed by atoms with Crippen molar-refractivity contribution < 1.29 is 9.53 Å². The summed E-state index contributed by atoms with van der Waals surface area (Å²) in [5.41, 5.74) is 5.12. The number of hydrogen-bond acceptors (Lipinski definition) is 5. The van der Waals surface area contributed by atoms with Crippen molar-refractivity contribution in [1.29, 1.82) is 5.26 Å². The number of nitrogens with one attached hydrogen (secondary N) is 1. The lowest BCUT2D eigenvalue weighted by atomic mass is 10.0. The molecule has 7 heteroatoms. The Morgan fingerprint density at radius 3 is 2.83 bits per heavy atom. The van der Waals surface area contributed by atoms with E-state index in [1.54, 1.807) is 11.3 Å². The third-order valence-electron chi connectivity index (χ3n) is 6.69. The van der Waals surface area contributed by atoms with Gasteiger partial charge in [-0.05, 0) is 80.8 Å². The van der Waals surface area contributed by atoms with Gasteiger partial charge in [0.25, 0.3) is 0 Å². The van der Waals surface area contributed by atoms with Gasteiger partial charge in [0.05, 0.1) is 22.6 Å². The van der Waals surface area contributed by atoms with E-state index < -0.39 is 0 Å². The Balaban J connectivity index is 1.37. The lowest BCUT2D eigenvalue weighted by Crippen LogP contribution is -2.43. The van der Waals surface area contributed by atoms with E-state index in [0.717, 1.165) is 54.2 Å². The largest absolute Gasteiger partial charge is 0.490 e. The Labute approximate surface area is 210 Å². The number of rotatable bonds is 5. The van der Waals surface area contributed by atoms with Gasteiger partial charge in [-0.2, -0.15) is 5.26 Å². The molecule has 1 aliphatic carbocycles. The average Bonchev–Trinajstić information content (AvgIpc) is 3.52. The van der Waals surface area contributed by atoms with Crippen LogP contribution in [-0.4, -0.2) is 35.1 Å². The van der Waals surface area contributed by atoms with E-state index >= 15 is 0 Å². The highest BCUT2D eigenvalue weighted by molar-refractivity contribution is 7.18. The van der Waals surface area contributed by atoms with Gasteiger partial charge < -0.3 is 15.0 Å². The monoisotopic (exact) mass is 486 g/mol. The molecule has 1 aliphatic heterocycles. The van der Waals surface area contributed by atoms with Crippen LogP contribution in [0.3, 0.4) is 0 Å². The summed E-state index contributed by atoms with van der Waals surface area (Å²) >= 11 is 1.62. The number of thiazole rings is 1. The first-order valence-corrected chi connectivity index (χ1v) is 13.2. The third-order valence-corrected chi connectivity index (χ3v) is 7.77. The molecule has 2 amide bonds. The molecule has 0 bridgehead atoms. The minimum absolute atomic E-state index is 0.00746. The van der Waals surface area contributed by atoms with E-state index in [-0.39, 0.29) is 18.2 Å². The van der Waals surface area contributed by atoms with Gasteiger partial charge in [-0.3, -0.25) is 0 Å². The van der Waals surface area contributed by atoms with E-state index in [2.05, 4.69) is 34.6 Å². The van der Waals surface area contributed by atoms with Crippen molar-refractivity contribution in [2.75, 3.05) is 13.1 Å². The summed E-state index contributed by atoms with van der Waals surface area (Å²) < 4.78 is 5.76. The van der Waals surface area contributed by atoms with Crippen LogP contribution in [0, 0.1) is 11.3 Å². The molecule has 0 saturated carbocycles. The molecule has 2 aromatic carbocycles. The second-order valence-corrected chi connectivity index (χ2v) is 10.5. The maximum Gasteiger partial charge on any atom is 0.317 e. The van der Waals surface area contributed by atoms with Crippen molar-refractivity contribution in [1.82, 2.24) is 15.2 Å². The maximum absolute atomic E-state index is 12.8. The van der Waals surface area contributed by atoms with Gasteiger partial charge in [-0.1, -0.05) is 18.2 Å². The Bertz CT molecular complexity index is 1270. The van der Waals surface area contributed by atoms with Crippen LogP contribution < -0.4 is 10.1 Å². The van der Waals surface area contributed by atoms with Crippen molar-refractivity contribution >= 4 is 17.4 Å². The van der Waals surface area contributed by atoms with Gasteiger partial charge in [0.2, 0.25) is 0 Å². The number of amides is 2. The molecule has 0 radical (unpaired) electrons. The van der Waals surface area contributed by atoms with Crippen LogP contribution in [0.25, 0.3) is 21.0 Å². The summed E-state index contributed by atoms with van der Waals surface area (Å²) in [5, 5.41) is 13.7. The summed E-state index contributed by atoms with van der Waals surface area (Å²) in [4.78, 5) is 20.5. The number of fused-ring (bicyclic) bond motifs is 1. The molecular formula is C28H30N4O2S. The van der Waals surface area contributed by atoms with Gasteiger partial charge in [-0.15, -0.1) is 11.3 Å². The number of benzene rings is 2. The van der Waals surface area contributed by atoms with Crippen LogP contribution in [0.4, 0.5) is 4.79 Å². The summed E-state index contributed by atoms with van der Waals surface area (Å²) in [6.45, 7) is 5.61. The van der Waals surface area contributed by atoms with Crippen molar-refractivity contribution in [2.45, 2.75) is 58.1 Å². The van der Waals surface area contributed by atoms with Crippen LogP contribution in [0.2, 0.25) is 0 Å². The molecule has 2 heterocycles. The minimum Gasteiger partial charge on any atom is -0.490 e. The van der Waals surface area contributed by atoms with E-state index in [1.165, 1.54) is 23.1 Å². The van der Waals surface area contributed by atoms with Crippen molar-refractivity contribution in [3.05, 3.63) is 59.3 Å². The number of nitriles is 1. The molecule has 1 N–H and O–H groups in total. The Hall–Kier alpha value is -3.37. The van der Waals surface area contributed by atoms with E-state index in [0.29, 0.717) is 11.3 Å². The number of piperidine rings is 1. The van der Waals surface area contributed by atoms with Crippen molar-refractivity contribution in [3.63, 3.8) is 0 Å². The summed E-state index contributed by atoms with van der Waals surface area (Å²) in [5.74, 6) is 0.599. The lowest BCUT2D eigenvalue weighted by molar-refractivity contribution is 0.182. The Kier molecular flexibility index (Phi) is 6.74. The molecule has 1 fully saturated rings. The SMILES string of the molecule is CC(C)Oc1ccc(-c2ncc(-c3cccc4c3CC[C@@H]4NC(=O)N3CCCCC3)s2)cc1C#N. The lowest BCUT2D eigenvalue weighted by Gasteiger charge is -2.28. The maximum atomic E-state index is 12.8. The first kappa shape index (κ1) is 23.4. The molecule has 0 spiro atoms.